The van der Waals surface area contributed by atoms with Crippen molar-refractivity contribution in [1.29, 1.82) is 0 Å². The highest BCUT2D eigenvalue weighted by Crippen LogP contribution is 2.30. The van der Waals surface area contributed by atoms with Crippen LogP contribution in [0.5, 0.6) is 0 Å². The van der Waals surface area contributed by atoms with Crippen molar-refractivity contribution >= 4 is 6.03 Å². The normalized spacial score (nSPS) is 21.0. The Labute approximate surface area is 141 Å². The Hall–Kier alpha value is -1.66. The molecule has 2 aliphatic rings. The van der Waals surface area contributed by atoms with E-state index in [2.05, 4.69) is 5.48 Å². The number of nitrogens with one attached hydrogen (secondary N) is 1. The molecule has 2 amide bonds. The lowest BCUT2D eigenvalue weighted by molar-refractivity contribution is -0.0125. The zero-order valence-corrected chi connectivity index (χ0v) is 13.8. The van der Waals surface area contributed by atoms with Gasteiger partial charge >= 0.3 is 6.03 Å². The number of halogens is 1. The molecule has 1 heterocycles. The van der Waals surface area contributed by atoms with Crippen molar-refractivity contribution in [2.45, 2.75) is 50.7 Å². The highest BCUT2D eigenvalue weighted by molar-refractivity contribution is 5.73. The zero-order valence-electron chi connectivity index (χ0n) is 13.8. The van der Waals surface area contributed by atoms with E-state index in [4.69, 9.17) is 4.84 Å². The fourth-order valence-electron chi connectivity index (χ4n) is 3.55. The molecule has 0 bridgehead atoms. The number of likely N-dealkylation sites (tertiary alicyclic amines) is 1. The third-order valence-corrected chi connectivity index (χ3v) is 5.10. The van der Waals surface area contributed by atoms with E-state index in [1.54, 1.807) is 17.0 Å². The number of hydroxylamine groups is 1. The molecular formula is C18H25FN2O3. The predicted molar refractivity (Wildman–Crippen MR) is 87.5 cm³/mol. The molecule has 0 radical (unpaired) electrons. The second-order valence-corrected chi connectivity index (χ2v) is 6.75. The Bertz CT molecular complexity index is 538. The Morgan fingerprint density at radius 3 is 2.42 bits per heavy atom. The summed E-state index contributed by atoms with van der Waals surface area (Å²) < 4.78 is 13.0. The van der Waals surface area contributed by atoms with Crippen LogP contribution in [0.2, 0.25) is 0 Å². The van der Waals surface area contributed by atoms with Crippen LogP contribution in [0.3, 0.4) is 0 Å². The van der Waals surface area contributed by atoms with Gasteiger partial charge < -0.3 is 10.0 Å². The van der Waals surface area contributed by atoms with Crippen molar-refractivity contribution in [3.63, 3.8) is 0 Å². The number of aliphatic hydroxyl groups is 1. The SMILES string of the molecule is O=C(NOC1CCCC1)N1CCC(C(O)c2ccc(F)cc2)CC1. The number of carbonyl (C=O) groups is 1. The van der Waals surface area contributed by atoms with Gasteiger partial charge in [0.1, 0.15) is 5.82 Å². The van der Waals surface area contributed by atoms with Gasteiger partial charge in [-0.1, -0.05) is 25.0 Å². The summed E-state index contributed by atoms with van der Waals surface area (Å²) in [6.45, 7) is 1.17. The predicted octanol–water partition coefficient (Wildman–Crippen LogP) is 3.15. The summed E-state index contributed by atoms with van der Waals surface area (Å²) in [6.07, 6.45) is 5.29. The van der Waals surface area contributed by atoms with E-state index in [-0.39, 0.29) is 23.9 Å². The Morgan fingerprint density at radius 2 is 1.79 bits per heavy atom. The molecule has 1 saturated heterocycles. The standard InChI is InChI=1S/C18H25FN2O3/c19-15-7-5-13(6-8-15)17(22)14-9-11-21(12-10-14)18(23)20-24-16-3-1-2-4-16/h5-8,14,16-17,22H,1-4,9-12H2,(H,20,23). The molecule has 24 heavy (non-hydrogen) atoms. The van der Waals surface area contributed by atoms with E-state index in [9.17, 15) is 14.3 Å². The molecule has 132 valence electrons. The minimum absolute atomic E-state index is 0.0789. The molecular weight excluding hydrogens is 311 g/mol. The smallest absolute Gasteiger partial charge is 0.341 e. The van der Waals surface area contributed by atoms with Gasteiger partial charge in [-0.2, -0.15) is 0 Å². The van der Waals surface area contributed by atoms with Crippen LogP contribution in [-0.2, 0) is 4.84 Å². The number of aliphatic hydroxyl groups excluding tert-OH is 1. The zero-order chi connectivity index (χ0) is 16.9. The first kappa shape index (κ1) is 17.2. The lowest BCUT2D eigenvalue weighted by atomic mass is 9.87. The molecule has 0 spiro atoms. The van der Waals surface area contributed by atoms with Gasteiger partial charge in [-0.3, -0.25) is 4.84 Å². The fraction of sp³-hybridized carbons (Fsp3) is 0.611. The minimum Gasteiger partial charge on any atom is -0.388 e. The quantitative estimate of drug-likeness (QED) is 0.830. The number of hydrogen-bond donors (Lipinski definition) is 2. The largest absolute Gasteiger partial charge is 0.388 e. The number of rotatable bonds is 4. The third kappa shape index (κ3) is 4.24. The molecule has 5 nitrogen and oxygen atoms in total. The van der Waals surface area contributed by atoms with E-state index < -0.39 is 6.10 Å². The molecule has 1 atom stereocenters. The Morgan fingerprint density at radius 1 is 1.17 bits per heavy atom. The Balaban J connectivity index is 1.44. The van der Waals surface area contributed by atoms with Crippen LogP contribution in [0, 0.1) is 11.7 Å². The van der Waals surface area contributed by atoms with Crippen LogP contribution in [0.4, 0.5) is 9.18 Å². The number of benzene rings is 1. The molecule has 6 heteroatoms. The van der Waals surface area contributed by atoms with Crippen molar-refractivity contribution in [2.75, 3.05) is 13.1 Å². The summed E-state index contributed by atoms with van der Waals surface area (Å²) >= 11 is 0. The van der Waals surface area contributed by atoms with Crippen LogP contribution in [0.15, 0.2) is 24.3 Å². The summed E-state index contributed by atoms with van der Waals surface area (Å²) in [5.41, 5.74) is 3.28. The van der Waals surface area contributed by atoms with Crippen LogP contribution in [-0.4, -0.2) is 35.2 Å². The molecule has 0 aromatic heterocycles. The van der Waals surface area contributed by atoms with Gasteiger partial charge in [0.2, 0.25) is 0 Å². The third-order valence-electron chi connectivity index (χ3n) is 5.10. The van der Waals surface area contributed by atoms with Gasteiger partial charge in [0.25, 0.3) is 0 Å². The minimum atomic E-state index is -0.620. The fourth-order valence-corrected chi connectivity index (χ4v) is 3.55. The van der Waals surface area contributed by atoms with E-state index in [1.807, 2.05) is 0 Å². The number of urea groups is 1. The van der Waals surface area contributed by atoms with E-state index >= 15 is 0 Å². The summed E-state index contributed by atoms with van der Waals surface area (Å²) in [4.78, 5) is 19.3. The van der Waals surface area contributed by atoms with Gasteiger partial charge in [0.15, 0.2) is 0 Å². The monoisotopic (exact) mass is 336 g/mol. The molecule has 1 aliphatic heterocycles. The average molecular weight is 336 g/mol. The summed E-state index contributed by atoms with van der Waals surface area (Å²) in [5.74, 6) is -0.227. The lowest BCUT2D eigenvalue weighted by Gasteiger charge is -2.34. The number of amides is 2. The molecule has 1 unspecified atom stereocenters. The second kappa shape index (κ2) is 7.94. The number of nitrogens with zero attached hydrogens (tertiary/aromatic N) is 1. The van der Waals surface area contributed by atoms with Gasteiger partial charge in [-0.15, -0.1) is 0 Å². The summed E-state index contributed by atoms with van der Waals surface area (Å²) in [5, 5.41) is 10.4. The van der Waals surface area contributed by atoms with Gasteiger partial charge in [-0.25, -0.2) is 14.7 Å². The van der Waals surface area contributed by atoms with E-state index in [1.165, 1.54) is 12.1 Å². The molecule has 1 aromatic carbocycles. The second-order valence-electron chi connectivity index (χ2n) is 6.75. The van der Waals surface area contributed by atoms with Crippen LogP contribution in [0.25, 0.3) is 0 Å². The van der Waals surface area contributed by atoms with E-state index in [0.29, 0.717) is 13.1 Å². The van der Waals surface area contributed by atoms with E-state index in [0.717, 1.165) is 44.1 Å². The van der Waals surface area contributed by atoms with Crippen molar-refractivity contribution in [1.82, 2.24) is 10.4 Å². The maximum atomic E-state index is 13.0. The molecule has 2 fully saturated rings. The van der Waals surface area contributed by atoms with Gasteiger partial charge in [-0.05, 0) is 49.3 Å². The molecule has 1 aromatic rings. The first-order valence-electron chi connectivity index (χ1n) is 8.77. The molecule has 1 aliphatic carbocycles. The highest BCUT2D eigenvalue weighted by Gasteiger charge is 2.29. The molecule has 2 N–H and O–H groups in total. The number of carbonyl (C=O) groups excluding carboxylic acids is 1. The van der Waals surface area contributed by atoms with Crippen molar-refractivity contribution in [3.8, 4) is 0 Å². The Kier molecular flexibility index (Phi) is 5.68. The summed E-state index contributed by atoms with van der Waals surface area (Å²) in [6, 6.07) is 5.77. The van der Waals surface area contributed by atoms with Gasteiger partial charge in [0.05, 0.1) is 12.2 Å². The highest BCUT2D eigenvalue weighted by atomic mass is 19.1. The van der Waals surface area contributed by atoms with Crippen molar-refractivity contribution in [3.05, 3.63) is 35.6 Å². The molecule has 3 rings (SSSR count). The van der Waals surface area contributed by atoms with Crippen LogP contribution in [0.1, 0.15) is 50.2 Å². The number of piperidine rings is 1. The van der Waals surface area contributed by atoms with Crippen LogP contribution >= 0.6 is 0 Å². The topological polar surface area (TPSA) is 61.8 Å². The maximum absolute atomic E-state index is 13.0. The van der Waals surface area contributed by atoms with Crippen LogP contribution < -0.4 is 5.48 Å². The van der Waals surface area contributed by atoms with Crippen molar-refractivity contribution in [2.24, 2.45) is 5.92 Å². The first-order chi connectivity index (χ1) is 11.6. The first-order valence-corrected chi connectivity index (χ1v) is 8.77. The van der Waals surface area contributed by atoms with Gasteiger partial charge in [0, 0.05) is 13.1 Å². The summed E-state index contributed by atoms with van der Waals surface area (Å²) in [7, 11) is 0. The number of hydrogen-bond acceptors (Lipinski definition) is 3. The molecule has 1 saturated carbocycles. The van der Waals surface area contributed by atoms with Crippen molar-refractivity contribution < 1.29 is 19.1 Å². The lowest BCUT2D eigenvalue weighted by Crippen LogP contribution is -2.45. The maximum Gasteiger partial charge on any atom is 0.341 e. The average Bonchev–Trinajstić information content (AvgIpc) is 3.13.